The van der Waals surface area contributed by atoms with Crippen LogP contribution in [0.5, 0.6) is 11.5 Å². The monoisotopic (exact) mass is 292 g/mol. The molecule has 3 N–H and O–H groups in total. The fourth-order valence-corrected chi connectivity index (χ4v) is 2.14. The average molecular weight is 292 g/mol. The molecule has 21 heavy (non-hydrogen) atoms. The van der Waals surface area contributed by atoms with Gasteiger partial charge in [-0.1, -0.05) is 26.3 Å². The number of carbonyl (C=O) groups excluding carboxylic acids is 1. The van der Waals surface area contributed by atoms with E-state index in [1.165, 1.54) is 0 Å². The molecule has 1 heterocycles. The summed E-state index contributed by atoms with van der Waals surface area (Å²) in [6, 6.07) is 5.27. The first-order chi connectivity index (χ1) is 10.1. The highest BCUT2D eigenvalue weighted by atomic mass is 16.5. The third-order valence-electron chi connectivity index (χ3n) is 3.84. The van der Waals surface area contributed by atoms with E-state index in [0.29, 0.717) is 19.8 Å². The van der Waals surface area contributed by atoms with Gasteiger partial charge >= 0.3 is 0 Å². The summed E-state index contributed by atoms with van der Waals surface area (Å²) in [5.74, 6) is 1.56. The Hall–Kier alpha value is -1.75. The molecule has 0 aliphatic carbocycles. The highest BCUT2D eigenvalue weighted by Gasteiger charge is 2.19. The summed E-state index contributed by atoms with van der Waals surface area (Å²) < 4.78 is 11.2. The van der Waals surface area contributed by atoms with Gasteiger partial charge in [0.1, 0.15) is 0 Å². The van der Waals surface area contributed by atoms with E-state index in [1.54, 1.807) is 0 Å². The lowest BCUT2D eigenvalue weighted by Crippen LogP contribution is -2.44. The number of ether oxygens (including phenoxy) is 2. The van der Waals surface area contributed by atoms with E-state index < -0.39 is 6.04 Å². The average Bonchev–Trinajstić information content (AvgIpc) is 2.75. The van der Waals surface area contributed by atoms with Crippen LogP contribution in [0.15, 0.2) is 18.2 Å². The summed E-state index contributed by atoms with van der Waals surface area (Å²) in [7, 11) is 0. The minimum Gasteiger partial charge on any atom is -0.490 e. The maximum atomic E-state index is 12.0. The van der Waals surface area contributed by atoms with Crippen LogP contribution in [-0.2, 0) is 11.3 Å². The molecule has 2 rings (SSSR count). The molecule has 1 aliphatic rings. The summed E-state index contributed by atoms with van der Waals surface area (Å²) >= 11 is 0. The van der Waals surface area contributed by atoms with Crippen LogP contribution in [-0.4, -0.2) is 25.2 Å². The van der Waals surface area contributed by atoms with Crippen LogP contribution in [0.4, 0.5) is 0 Å². The van der Waals surface area contributed by atoms with Crippen LogP contribution in [0.2, 0.25) is 0 Å². The number of rotatable bonds is 5. The first-order valence-corrected chi connectivity index (χ1v) is 7.53. The molecule has 2 atom stereocenters. The molecule has 1 aromatic rings. The van der Waals surface area contributed by atoms with Crippen molar-refractivity contribution in [3.63, 3.8) is 0 Å². The molecule has 116 valence electrons. The van der Waals surface area contributed by atoms with Crippen LogP contribution >= 0.6 is 0 Å². The fourth-order valence-electron chi connectivity index (χ4n) is 2.14. The molecule has 0 bridgehead atoms. The number of nitrogens with one attached hydrogen (secondary N) is 1. The van der Waals surface area contributed by atoms with E-state index in [1.807, 2.05) is 32.0 Å². The first kappa shape index (κ1) is 15.6. The third kappa shape index (κ3) is 4.11. The zero-order valence-corrected chi connectivity index (χ0v) is 12.7. The lowest BCUT2D eigenvalue weighted by Gasteiger charge is -2.18. The van der Waals surface area contributed by atoms with Crippen molar-refractivity contribution in [3.8, 4) is 11.5 Å². The smallest absolute Gasteiger partial charge is 0.237 e. The Balaban J connectivity index is 1.94. The maximum Gasteiger partial charge on any atom is 0.237 e. The lowest BCUT2D eigenvalue weighted by atomic mass is 9.99. The third-order valence-corrected chi connectivity index (χ3v) is 3.84. The standard InChI is InChI=1S/C16H24N2O3/c1-3-11(2)15(17)16(19)18-10-12-5-6-13-14(9-12)21-8-4-7-20-13/h5-6,9,11,15H,3-4,7-8,10,17H2,1-2H3,(H,18,19). The fraction of sp³-hybridized carbons (Fsp3) is 0.562. The van der Waals surface area contributed by atoms with Gasteiger partial charge < -0.3 is 20.5 Å². The molecular formula is C16H24N2O3. The lowest BCUT2D eigenvalue weighted by molar-refractivity contribution is -0.123. The Morgan fingerprint density at radius 3 is 2.76 bits per heavy atom. The first-order valence-electron chi connectivity index (χ1n) is 7.53. The van der Waals surface area contributed by atoms with Crippen molar-refractivity contribution in [2.45, 2.75) is 39.3 Å². The van der Waals surface area contributed by atoms with Crippen LogP contribution in [0, 0.1) is 5.92 Å². The van der Waals surface area contributed by atoms with Crippen molar-refractivity contribution in [1.29, 1.82) is 0 Å². The van der Waals surface area contributed by atoms with E-state index in [0.717, 1.165) is 29.9 Å². The van der Waals surface area contributed by atoms with Gasteiger partial charge in [-0.25, -0.2) is 0 Å². The van der Waals surface area contributed by atoms with Gasteiger partial charge in [0.25, 0.3) is 0 Å². The molecule has 0 saturated carbocycles. The van der Waals surface area contributed by atoms with Gasteiger partial charge in [-0.2, -0.15) is 0 Å². The molecule has 0 saturated heterocycles. The zero-order valence-electron chi connectivity index (χ0n) is 12.7. The summed E-state index contributed by atoms with van der Waals surface area (Å²) in [5.41, 5.74) is 6.89. The molecule has 1 aliphatic heterocycles. The molecule has 0 spiro atoms. The van der Waals surface area contributed by atoms with Gasteiger partial charge in [-0.3, -0.25) is 4.79 Å². The predicted octanol–water partition coefficient (Wildman–Crippen LogP) is 1.84. The number of hydrogen-bond acceptors (Lipinski definition) is 4. The minimum atomic E-state index is -0.463. The Kier molecular flexibility index (Phi) is 5.44. The second kappa shape index (κ2) is 7.31. The Bertz CT molecular complexity index is 490. The topological polar surface area (TPSA) is 73.6 Å². The van der Waals surface area contributed by atoms with E-state index in [-0.39, 0.29) is 11.8 Å². The van der Waals surface area contributed by atoms with Crippen molar-refractivity contribution in [3.05, 3.63) is 23.8 Å². The quantitative estimate of drug-likeness (QED) is 0.868. The molecule has 1 aromatic carbocycles. The summed E-state index contributed by atoms with van der Waals surface area (Å²) in [5, 5.41) is 2.88. The van der Waals surface area contributed by atoms with Crippen molar-refractivity contribution in [2.24, 2.45) is 11.7 Å². The highest BCUT2D eigenvalue weighted by Crippen LogP contribution is 2.30. The SMILES string of the molecule is CCC(C)C(N)C(=O)NCc1ccc2c(c1)OCCCO2. The molecule has 0 aromatic heterocycles. The van der Waals surface area contributed by atoms with Gasteiger partial charge in [0.15, 0.2) is 11.5 Å². The molecule has 2 unspecified atom stereocenters. The molecule has 0 fully saturated rings. The second-order valence-electron chi connectivity index (χ2n) is 5.46. The molecule has 1 amide bonds. The van der Waals surface area contributed by atoms with E-state index in [2.05, 4.69) is 5.32 Å². The molecular weight excluding hydrogens is 268 g/mol. The normalized spacial score (nSPS) is 16.7. The zero-order chi connectivity index (χ0) is 15.2. The van der Waals surface area contributed by atoms with Gasteiger partial charge in [0.05, 0.1) is 19.3 Å². The molecule has 5 nitrogen and oxygen atoms in total. The van der Waals surface area contributed by atoms with Gasteiger partial charge in [-0.05, 0) is 23.6 Å². The van der Waals surface area contributed by atoms with E-state index in [4.69, 9.17) is 15.2 Å². The van der Waals surface area contributed by atoms with Crippen molar-refractivity contribution in [2.75, 3.05) is 13.2 Å². The Morgan fingerprint density at radius 1 is 1.33 bits per heavy atom. The van der Waals surface area contributed by atoms with Crippen molar-refractivity contribution in [1.82, 2.24) is 5.32 Å². The number of fused-ring (bicyclic) bond motifs is 1. The highest BCUT2D eigenvalue weighted by molar-refractivity contribution is 5.81. The second-order valence-corrected chi connectivity index (χ2v) is 5.46. The van der Waals surface area contributed by atoms with Crippen molar-refractivity contribution >= 4 is 5.91 Å². The van der Waals surface area contributed by atoms with E-state index in [9.17, 15) is 4.79 Å². The van der Waals surface area contributed by atoms with Crippen molar-refractivity contribution < 1.29 is 14.3 Å². The number of carbonyl (C=O) groups is 1. The van der Waals surface area contributed by atoms with Gasteiger partial charge in [0, 0.05) is 13.0 Å². The predicted molar refractivity (Wildman–Crippen MR) is 81.3 cm³/mol. The van der Waals surface area contributed by atoms with Crippen LogP contribution in [0.25, 0.3) is 0 Å². The van der Waals surface area contributed by atoms with E-state index >= 15 is 0 Å². The summed E-state index contributed by atoms with van der Waals surface area (Å²) in [6.45, 7) is 5.79. The molecule has 0 radical (unpaired) electrons. The number of benzene rings is 1. The number of hydrogen-bond donors (Lipinski definition) is 2. The Morgan fingerprint density at radius 2 is 2.05 bits per heavy atom. The van der Waals surface area contributed by atoms with Gasteiger partial charge in [0.2, 0.25) is 5.91 Å². The largest absolute Gasteiger partial charge is 0.490 e. The Labute approximate surface area is 125 Å². The van der Waals surface area contributed by atoms with Crippen LogP contribution in [0.3, 0.4) is 0 Å². The number of amides is 1. The maximum absolute atomic E-state index is 12.0. The van der Waals surface area contributed by atoms with Gasteiger partial charge in [-0.15, -0.1) is 0 Å². The van der Waals surface area contributed by atoms with Crippen LogP contribution < -0.4 is 20.5 Å². The number of nitrogens with two attached hydrogens (primary N) is 1. The van der Waals surface area contributed by atoms with Crippen LogP contribution in [0.1, 0.15) is 32.3 Å². The summed E-state index contributed by atoms with van der Waals surface area (Å²) in [6.07, 6.45) is 1.77. The minimum absolute atomic E-state index is 0.114. The summed E-state index contributed by atoms with van der Waals surface area (Å²) in [4.78, 5) is 12.0. The molecule has 5 heteroatoms.